The zero-order valence-corrected chi connectivity index (χ0v) is 26.1. The van der Waals surface area contributed by atoms with E-state index < -0.39 is 12.0 Å². The molecular weight excluding hydrogens is 576 g/mol. The number of carbonyl (C=O) groups excluding carboxylic acids is 2. The molecule has 228 valence electrons. The Kier molecular flexibility index (Phi) is 10.0. The third kappa shape index (κ3) is 7.31. The van der Waals surface area contributed by atoms with Crippen molar-refractivity contribution in [2.45, 2.75) is 52.4 Å². The Balaban J connectivity index is 1.41. The van der Waals surface area contributed by atoms with Crippen LogP contribution in [0.2, 0.25) is 0 Å². The lowest BCUT2D eigenvalue weighted by atomic mass is 9.93. The molecule has 1 aromatic heterocycles. The minimum Gasteiger partial charge on any atom is -0.493 e. The quantitative estimate of drug-likeness (QED) is 0.251. The molecular formula is C34H36N4O5S. The minimum atomic E-state index is -0.589. The van der Waals surface area contributed by atoms with Gasteiger partial charge < -0.3 is 24.4 Å². The lowest BCUT2D eigenvalue weighted by molar-refractivity contribution is -0.143. The molecule has 5 rings (SSSR count). The summed E-state index contributed by atoms with van der Waals surface area (Å²) >= 11 is 1.43. The number of thioether (sulfide) groups is 1. The van der Waals surface area contributed by atoms with Crippen LogP contribution in [-0.4, -0.2) is 46.7 Å². The Morgan fingerprint density at radius 3 is 2.57 bits per heavy atom. The molecule has 0 aliphatic carbocycles. The number of amidine groups is 1. The van der Waals surface area contributed by atoms with Gasteiger partial charge in [0.25, 0.3) is 0 Å². The zero-order valence-electron chi connectivity index (χ0n) is 25.3. The molecule has 0 spiro atoms. The topological polar surface area (TPSA) is 102 Å². The van der Waals surface area contributed by atoms with Crippen LogP contribution in [-0.2, 0) is 27.4 Å². The molecule has 0 saturated carbocycles. The summed E-state index contributed by atoms with van der Waals surface area (Å²) in [4.78, 5) is 37.6. The monoisotopic (exact) mass is 612 g/mol. The zero-order chi connectivity index (χ0) is 31.1. The highest BCUT2D eigenvalue weighted by Crippen LogP contribution is 2.46. The lowest BCUT2D eigenvalue weighted by Crippen LogP contribution is -2.38. The van der Waals surface area contributed by atoms with E-state index in [1.54, 1.807) is 13.3 Å². The van der Waals surface area contributed by atoms with Gasteiger partial charge in [-0.05, 0) is 61.6 Å². The molecule has 3 aromatic rings. The van der Waals surface area contributed by atoms with Gasteiger partial charge in [0, 0.05) is 30.6 Å². The van der Waals surface area contributed by atoms with Crippen LogP contribution >= 0.6 is 11.8 Å². The third-order valence-electron chi connectivity index (χ3n) is 7.08. The first-order valence-electron chi connectivity index (χ1n) is 14.5. The third-order valence-corrected chi connectivity index (χ3v) is 7.96. The molecule has 44 heavy (non-hydrogen) atoms. The van der Waals surface area contributed by atoms with E-state index >= 15 is 0 Å². The minimum absolute atomic E-state index is 0.117. The molecule has 1 N–H and O–H groups in total. The van der Waals surface area contributed by atoms with Gasteiger partial charge in [0.05, 0.1) is 36.9 Å². The van der Waals surface area contributed by atoms with Crippen molar-refractivity contribution in [3.05, 3.63) is 112 Å². The lowest BCUT2D eigenvalue weighted by Gasteiger charge is -2.36. The molecule has 2 aliphatic rings. The summed E-state index contributed by atoms with van der Waals surface area (Å²) in [5, 5.41) is 5.60. The van der Waals surface area contributed by atoms with Crippen molar-refractivity contribution >= 4 is 28.8 Å². The van der Waals surface area contributed by atoms with Crippen LogP contribution in [0.25, 0.3) is 0 Å². The van der Waals surface area contributed by atoms with Crippen molar-refractivity contribution in [3.8, 4) is 11.5 Å². The molecule has 0 fully saturated rings. The van der Waals surface area contributed by atoms with Crippen LogP contribution in [0.5, 0.6) is 11.5 Å². The van der Waals surface area contributed by atoms with Gasteiger partial charge in [-0.25, -0.2) is 9.79 Å². The number of nitrogens with zero attached hydrogens (tertiary/aromatic N) is 3. The van der Waals surface area contributed by atoms with Crippen molar-refractivity contribution < 1.29 is 23.8 Å². The van der Waals surface area contributed by atoms with E-state index in [1.165, 1.54) is 11.8 Å². The number of fused-ring (bicyclic) bond motifs is 1. The number of methoxy groups -OCH3 is 1. The molecule has 2 aromatic carbocycles. The highest BCUT2D eigenvalue weighted by Gasteiger charge is 2.41. The Hall–Kier alpha value is -4.57. The largest absolute Gasteiger partial charge is 0.493 e. The average Bonchev–Trinajstić information content (AvgIpc) is 3.41. The maximum atomic E-state index is 13.5. The average molecular weight is 613 g/mol. The van der Waals surface area contributed by atoms with Gasteiger partial charge in [0.15, 0.2) is 16.7 Å². The highest BCUT2D eigenvalue weighted by molar-refractivity contribution is 8.16. The number of aliphatic imine (C=N–C) groups is 1. The van der Waals surface area contributed by atoms with E-state index in [1.807, 2.05) is 97.8 Å². The number of allylic oxidation sites excluding steroid dienone is 1. The summed E-state index contributed by atoms with van der Waals surface area (Å²) in [6.07, 6.45) is 2.17. The second kappa shape index (κ2) is 14.3. The van der Waals surface area contributed by atoms with Gasteiger partial charge in [-0.3, -0.25) is 9.78 Å². The normalized spacial score (nSPS) is 15.8. The Morgan fingerprint density at radius 2 is 1.84 bits per heavy atom. The van der Waals surface area contributed by atoms with E-state index in [4.69, 9.17) is 19.2 Å². The van der Waals surface area contributed by atoms with E-state index in [0.29, 0.717) is 47.5 Å². The van der Waals surface area contributed by atoms with Crippen LogP contribution in [0.15, 0.2) is 100 Å². The molecule has 1 atom stereocenters. The summed E-state index contributed by atoms with van der Waals surface area (Å²) in [5.74, 6) is 0.523. The fourth-order valence-corrected chi connectivity index (χ4v) is 6.00. The number of pyridine rings is 1. The molecule has 2 aliphatic heterocycles. The van der Waals surface area contributed by atoms with Crippen LogP contribution < -0.4 is 14.8 Å². The number of hydrogen-bond acceptors (Lipinski definition) is 9. The number of rotatable bonds is 12. The predicted octanol–water partition coefficient (Wildman–Crippen LogP) is 5.94. The first kappa shape index (κ1) is 30.9. The summed E-state index contributed by atoms with van der Waals surface area (Å²) < 4.78 is 17.5. The Bertz CT molecular complexity index is 1590. The van der Waals surface area contributed by atoms with Crippen molar-refractivity contribution in [3.63, 3.8) is 0 Å². The SMILES string of the molecule is COc1cc([C@@H]2C(C(=O)OC(C)C)=C(C)N=C3SC=C(CC(=O)NCCc4ccccn4)N32)ccc1OCc1ccccc1. The van der Waals surface area contributed by atoms with E-state index in [-0.39, 0.29) is 18.4 Å². The number of amides is 1. The Morgan fingerprint density at radius 1 is 1.05 bits per heavy atom. The number of ether oxygens (including phenoxy) is 3. The number of hydrogen-bond donors (Lipinski definition) is 1. The van der Waals surface area contributed by atoms with Gasteiger partial charge >= 0.3 is 5.97 Å². The molecule has 0 radical (unpaired) electrons. The summed E-state index contributed by atoms with van der Waals surface area (Å²) in [5.41, 5.74) is 4.43. The van der Waals surface area contributed by atoms with Gasteiger partial charge in [0.1, 0.15) is 6.61 Å². The van der Waals surface area contributed by atoms with E-state index in [9.17, 15) is 9.59 Å². The molecule has 10 heteroatoms. The molecule has 1 amide bonds. The van der Waals surface area contributed by atoms with Crippen molar-refractivity contribution in [1.82, 2.24) is 15.2 Å². The molecule has 9 nitrogen and oxygen atoms in total. The van der Waals surface area contributed by atoms with Crippen LogP contribution in [0.3, 0.4) is 0 Å². The van der Waals surface area contributed by atoms with Gasteiger partial charge in [-0.1, -0.05) is 54.2 Å². The van der Waals surface area contributed by atoms with Crippen LogP contribution in [0.1, 0.15) is 50.1 Å². The van der Waals surface area contributed by atoms with Crippen LogP contribution in [0.4, 0.5) is 0 Å². The second-order valence-electron chi connectivity index (χ2n) is 10.6. The van der Waals surface area contributed by atoms with Gasteiger partial charge in [-0.2, -0.15) is 0 Å². The number of aromatic nitrogens is 1. The summed E-state index contributed by atoms with van der Waals surface area (Å²) in [7, 11) is 1.59. The molecule has 0 unspecified atom stereocenters. The van der Waals surface area contributed by atoms with E-state index in [2.05, 4.69) is 10.3 Å². The maximum Gasteiger partial charge on any atom is 0.338 e. The van der Waals surface area contributed by atoms with Crippen molar-refractivity contribution in [2.24, 2.45) is 4.99 Å². The fraction of sp³-hybridized carbons (Fsp3) is 0.294. The number of carbonyl (C=O) groups is 2. The number of benzene rings is 2. The maximum absolute atomic E-state index is 13.5. The Labute approximate surface area is 262 Å². The smallest absolute Gasteiger partial charge is 0.338 e. The standard InChI is InChI=1S/C34H36N4O5S/c1-22(2)43-33(40)31-23(3)37-34-38(27(21-44-34)19-30(39)36-17-15-26-12-8-9-16-35-26)32(31)25-13-14-28(29(18-25)41-4)42-20-24-10-6-5-7-11-24/h5-14,16,18,21-22,32H,15,17,19-20H2,1-4H3,(H,36,39)/t32-/m1/s1. The number of esters is 1. The fourth-order valence-electron chi connectivity index (χ4n) is 5.04. The molecule has 0 saturated heterocycles. The first-order valence-corrected chi connectivity index (χ1v) is 15.4. The van der Waals surface area contributed by atoms with Gasteiger partial charge in [0.2, 0.25) is 5.91 Å². The predicted molar refractivity (Wildman–Crippen MR) is 171 cm³/mol. The summed E-state index contributed by atoms with van der Waals surface area (Å²) in [6, 6.07) is 20.7. The van der Waals surface area contributed by atoms with Crippen LogP contribution in [0, 0.1) is 0 Å². The van der Waals surface area contributed by atoms with Gasteiger partial charge in [-0.15, -0.1) is 0 Å². The van der Waals surface area contributed by atoms with Crippen molar-refractivity contribution in [1.29, 1.82) is 0 Å². The van der Waals surface area contributed by atoms with E-state index in [0.717, 1.165) is 22.5 Å². The van der Waals surface area contributed by atoms with Crippen molar-refractivity contribution in [2.75, 3.05) is 13.7 Å². The number of nitrogens with one attached hydrogen (secondary N) is 1. The first-order chi connectivity index (χ1) is 21.3. The molecule has 0 bridgehead atoms. The molecule has 3 heterocycles. The second-order valence-corrected chi connectivity index (χ2v) is 11.5. The highest BCUT2D eigenvalue weighted by atomic mass is 32.2. The summed E-state index contributed by atoms with van der Waals surface area (Å²) in [6.45, 7) is 6.29.